The number of carbonyl (C=O) groups is 4. The molecule has 1 aromatic rings. The summed E-state index contributed by atoms with van der Waals surface area (Å²) in [5, 5.41) is 10.2. The van der Waals surface area contributed by atoms with Gasteiger partial charge >= 0.3 is 6.09 Å². The summed E-state index contributed by atoms with van der Waals surface area (Å²) in [6, 6.07) is 5.43. The molecule has 0 aliphatic carbocycles. The minimum atomic E-state index is -1.10. The molecule has 4 heterocycles. The largest absolute Gasteiger partial charge is 0.465 e. The number of carboxylic acid groups (broad SMARTS) is 1. The number of nitrogens with zero attached hydrogens (tertiary/aromatic N) is 4. The third-order valence-corrected chi connectivity index (χ3v) is 7.74. The minimum Gasteiger partial charge on any atom is -0.465 e. The highest BCUT2D eigenvalue weighted by molar-refractivity contribution is 6.31. The fourth-order valence-corrected chi connectivity index (χ4v) is 6.04. The van der Waals surface area contributed by atoms with Crippen LogP contribution in [0.15, 0.2) is 18.2 Å². The molecule has 4 aliphatic heterocycles. The van der Waals surface area contributed by atoms with E-state index >= 15 is 0 Å². The van der Waals surface area contributed by atoms with Crippen LogP contribution in [0.5, 0.6) is 0 Å². The van der Waals surface area contributed by atoms with Crippen molar-refractivity contribution in [2.45, 2.75) is 38.4 Å². The van der Waals surface area contributed by atoms with Crippen LogP contribution in [0.2, 0.25) is 5.02 Å². The van der Waals surface area contributed by atoms with Crippen molar-refractivity contribution in [3.63, 3.8) is 0 Å². The van der Waals surface area contributed by atoms with Crippen LogP contribution in [0.1, 0.15) is 41.6 Å². The molecule has 1 aromatic carbocycles. The van der Waals surface area contributed by atoms with Crippen molar-refractivity contribution in [3.05, 3.63) is 34.3 Å². The predicted octanol–water partition coefficient (Wildman–Crippen LogP) is 2.09. The number of fused-ring (bicyclic) bond motifs is 1. The Labute approximate surface area is 196 Å². The van der Waals surface area contributed by atoms with Crippen LogP contribution in [0.25, 0.3) is 0 Å². The molecular weight excluding hydrogens is 448 g/mol. The SMILES string of the molecule is O=C(c1ccc(CN2CC3CN(C(=O)O)C(N4C(=O)CCC4=O)C3C2)c(Cl)c1)N1CCCC1. The Morgan fingerprint density at radius 2 is 1.73 bits per heavy atom. The second kappa shape index (κ2) is 8.61. The molecule has 0 aromatic heterocycles. The maximum Gasteiger partial charge on any atom is 0.408 e. The highest BCUT2D eigenvalue weighted by Crippen LogP contribution is 2.40. The Morgan fingerprint density at radius 3 is 2.36 bits per heavy atom. The molecule has 4 saturated heterocycles. The normalized spacial score (nSPS) is 27.7. The Kier molecular flexibility index (Phi) is 5.78. The van der Waals surface area contributed by atoms with Crippen molar-refractivity contribution < 1.29 is 24.3 Å². The molecule has 9 nitrogen and oxygen atoms in total. The van der Waals surface area contributed by atoms with Crippen LogP contribution >= 0.6 is 11.6 Å². The molecule has 10 heteroatoms. The fraction of sp³-hybridized carbons (Fsp3) is 0.565. The zero-order valence-corrected chi connectivity index (χ0v) is 19.0. The summed E-state index contributed by atoms with van der Waals surface area (Å²) in [7, 11) is 0. The third kappa shape index (κ3) is 3.97. The van der Waals surface area contributed by atoms with Crippen LogP contribution < -0.4 is 0 Å². The van der Waals surface area contributed by atoms with E-state index in [0.29, 0.717) is 36.8 Å². The van der Waals surface area contributed by atoms with Crippen molar-refractivity contribution in [2.24, 2.45) is 11.8 Å². The molecule has 0 radical (unpaired) electrons. The number of hydrogen-bond acceptors (Lipinski definition) is 5. The zero-order chi connectivity index (χ0) is 23.3. The first-order chi connectivity index (χ1) is 15.8. The maximum atomic E-state index is 12.6. The summed E-state index contributed by atoms with van der Waals surface area (Å²) < 4.78 is 0. The fourth-order valence-electron chi connectivity index (χ4n) is 5.80. The highest BCUT2D eigenvalue weighted by atomic mass is 35.5. The molecule has 4 aliphatic rings. The van der Waals surface area contributed by atoms with E-state index in [4.69, 9.17) is 11.6 Å². The molecule has 0 saturated carbocycles. The zero-order valence-electron chi connectivity index (χ0n) is 18.3. The summed E-state index contributed by atoms with van der Waals surface area (Å²) in [5.74, 6) is -0.662. The smallest absolute Gasteiger partial charge is 0.408 e. The summed E-state index contributed by atoms with van der Waals surface area (Å²) in [4.78, 5) is 55.6. The topological polar surface area (TPSA) is 101 Å². The lowest BCUT2D eigenvalue weighted by molar-refractivity contribution is -0.145. The van der Waals surface area contributed by atoms with Gasteiger partial charge in [-0.05, 0) is 36.5 Å². The molecule has 4 fully saturated rings. The lowest BCUT2D eigenvalue weighted by Gasteiger charge is -2.33. The summed E-state index contributed by atoms with van der Waals surface area (Å²) in [6.07, 6.45) is 0.503. The first-order valence-corrected chi connectivity index (χ1v) is 11.9. The molecule has 4 amide bonds. The van der Waals surface area contributed by atoms with Crippen molar-refractivity contribution >= 4 is 35.4 Å². The summed E-state index contributed by atoms with van der Waals surface area (Å²) >= 11 is 6.53. The van der Waals surface area contributed by atoms with E-state index in [2.05, 4.69) is 4.90 Å². The van der Waals surface area contributed by atoms with Gasteiger partial charge in [0.25, 0.3) is 5.91 Å². The second-order valence-corrected chi connectivity index (χ2v) is 9.84. The number of imide groups is 1. The van der Waals surface area contributed by atoms with Crippen LogP contribution in [0.3, 0.4) is 0 Å². The second-order valence-electron chi connectivity index (χ2n) is 9.43. The molecule has 0 spiro atoms. The highest BCUT2D eigenvalue weighted by Gasteiger charge is 2.54. The van der Waals surface area contributed by atoms with Crippen molar-refractivity contribution in [1.82, 2.24) is 19.6 Å². The van der Waals surface area contributed by atoms with Gasteiger partial charge in [-0.25, -0.2) is 4.79 Å². The predicted molar refractivity (Wildman–Crippen MR) is 118 cm³/mol. The van der Waals surface area contributed by atoms with Gasteiger partial charge in [0.2, 0.25) is 11.8 Å². The average molecular weight is 475 g/mol. The van der Waals surface area contributed by atoms with Gasteiger partial charge in [-0.15, -0.1) is 0 Å². The molecule has 1 N–H and O–H groups in total. The van der Waals surface area contributed by atoms with E-state index in [1.807, 2.05) is 17.0 Å². The quantitative estimate of drug-likeness (QED) is 0.670. The van der Waals surface area contributed by atoms with Gasteiger partial charge in [-0.3, -0.25) is 29.1 Å². The number of rotatable bonds is 4. The van der Waals surface area contributed by atoms with Gasteiger partial charge < -0.3 is 10.0 Å². The molecule has 0 bridgehead atoms. The van der Waals surface area contributed by atoms with Crippen molar-refractivity contribution in [1.29, 1.82) is 0 Å². The van der Waals surface area contributed by atoms with E-state index in [9.17, 15) is 24.3 Å². The number of halogens is 1. The molecule has 33 heavy (non-hydrogen) atoms. The van der Waals surface area contributed by atoms with Gasteiger partial charge in [0, 0.05) is 68.6 Å². The van der Waals surface area contributed by atoms with Crippen molar-refractivity contribution in [2.75, 3.05) is 32.7 Å². The first kappa shape index (κ1) is 22.2. The van der Waals surface area contributed by atoms with Gasteiger partial charge in [-0.2, -0.15) is 0 Å². The average Bonchev–Trinajstić information content (AvgIpc) is 3.55. The molecular formula is C23H27ClN4O5. The maximum absolute atomic E-state index is 12.6. The van der Waals surface area contributed by atoms with Crippen LogP contribution in [-0.2, 0) is 16.1 Å². The molecule has 5 rings (SSSR count). The van der Waals surface area contributed by atoms with Gasteiger partial charge in [0.1, 0.15) is 6.17 Å². The third-order valence-electron chi connectivity index (χ3n) is 7.39. The minimum absolute atomic E-state index is 0.00760. The number of likely N-dealkylation sites (tertiary alicyclic amines) is 4. The van der Waals surface area contributed by atoms with E-state index in [0.717, 1.165) is 31.5 Å². The Balaban J connectivity index is 1.29. The first-order valence-electron chi connectivity index (χ1n) is 11.5. The van der Waals surface area contributed by atoms with Crippen LogP contribution in [-0.4, -0.2) is 87.4 Å². The van der Waals surface area contributed by atoms with Gasteiger partial charge in [0.15, 0.2) is 0 Å². The Hall–Kier alpha value is -2.65. The van der Waals surface area contributed by atoms with E-state index < -0.39 is 12.3 Å². The number of benzene rings is 1. The summed E-state index contributed by atoms with van der Waals surface area (Å²) in [6.45, 7) is 3.66. The van der Waals surface area contributed by atoms with E-state index in [1.165, 1.54) is 9.80 Å². The van der Waals surface area contributed by atoms with Crippen molar-refractivity contribution in [3.8, 4) is 0 Å². The molecule has 3 atom stereocenters. The number of carbonyl (C=O) groups excluding carboxylic acids is 3. The van der Waals surface area contributed by atoms with Crippen LogP contribution in [0, 0.1) is 11.8 Å². The Morgan fingerprint density at radius 1 is 1.03 bits per heavy atom. The lowest BCUT2D eigenvalue weighted by atomic mass is 9.97. The van der Waals surface area contributed by atoms with Gasteiger partial charge in [0.05, 0.1) is 0 Å². The van der Waals surface area contributed by atoms with E-state index in [-0.39, 0.29) is 42.4 Å². The monoisotopic (exact) mass is 474 g/mol. The van der Waals surface area contributed by atoms with E-state index in [1.54, 1.807) is 6.07 Å². The summed E-state index contributed by atoms with van der Waals surface area (Å²) in [5.41, 5.74) is 1.49. The number of hydrogen-bond donors (Lipinski definition) is 1. The molecule has 3 unspecified atom stereocenters. The number of amides is 4. The Bertz CT molecular complexity index is 995. The van der Waals surface area contributed by atoms with Crippen LogP contribution in [0.4, 0.5) is 4.79 Å². The lowest BCUT2D eigenvalue weighted by Crippen LogP contribution is -2.53. The molecule has 176 valence electrons. The van der Waals surface area contributed by atoms with Gasteiger partial charge in [-0.1, -0.05) is 17.7 Å². The standard InChI is InChI=1S/C23H27ClN4O5/c24-18-9-14(22(31)26-7-1-2-8-26)3-4-15(18)10-25-11-16-12-27(23(32)33)21(17(16)13-25)28-19(29)5-6-20(28)30/h3-4,9,16-17,21H,1-2,5-8,10-13H2,(H,32,33).